The van der Waals surface area contributed by atoms with Gasteiger partial charge in [-0.25, -0.2) is 4.98 Å². The molecule has 4 heteroatoms. The Morgan fingerprint density at radius 3 is 3.00 bits per heavy atom. The predicted molar refractivity (Wildman–Crippen MR) is 57.1 cm³/mol. The lowest BCUT2D eigenvalue weighted by molar-refractivity contribution is 0.294. The molecule has 78 valence electrons. The minimum atomic E-state index is -0.00644. The van der Waals surface area contributed by atoms with E-state index in [1.54, 1.807) is 0 Å². The second-order valence-corrected chi connectivity index (χ2v) is 3.16. The van der Waals surface area contributed by atoms with Gasteiger partial charge in [-0.1, -0.05) is 19.1 Å². The Balaban J connectivity index is 2.25. The topological polar surface area (TPSA) is 59.1 Å². The molecule has 0 bridgehead atoms. The fourth-order valence-corrected chi connectivity index (χ4v) is 1.24. The van der Waals surface area contributed by atoms with Crippen LogP contribution in [0.3, 0.4) is 0 Å². The molecule has 0 unspecified atom stereocenters. The van der Waals surface area contributed by atoms with Crippen LogP contribution >= 0.6 is 0 Å². The number of hydrogen-bond acceptors (Lipinski definition) is 4. The number of nitrogens with one attached hydrogen (secondary N) is 1. The summed E-state index contributed by atoms with van der Waals surface area (Å²) >= 11 is 0. The zero-order chi connectivity index (χ0) is 10.7. The maximum atomic E-state index is 7.59. The molecular formula is C11H12N2O2. The highest BCUT2D eigenvalue weighted by Crippen LogP contribution is 2.15. The molecule has 0 atom stereocenters. The maximum absolute atomic E-state index is 7.59. The van der Waals surface area contributed by atoms with Crippen LogP contribution in [-0.2, 0) is 4.74 Å². The van der Waals surface area contributed by atoms with Gasteiger partial charge in [0.05, 0.1) is 6.61 Å². The molecule has 1 heterocycles. The van der Waals surface area contributed by atoms with E-state index in [1.807, 2.05) is 31.2 Å². The number of fused-ring (bicyclic) bond motifs is 1. The second kappa shape index (κ2) is 4.13. The molecule has 0 saturated heterocycles. The Morgan fingerprint density at radius 2 is 2.27 bits per heavy atom. The third-order valence-electron chi connectivity index (χ3n) is 1.94. The number of rotatable bonds is 3. The first-order valence-electron chi connectivity index (χ1n) is 4.88. The predicted octanol–water partition coefficient (Wildman–Crippen LogP) is 2.58. The van der Waals surface area contributed by atoms with E-state index >= 15 is 0 Å². The summed E-state index contributed by atoms with van der Waals surface area (Å²) in [6.07, 6.45) is 0.864. The van der Waals surface area contributed by atoms with Crippen molar-refractivity contribution in [2.75, 3.05) is 6.61 Å². The number of aromatic nitrogens is 1. The third-order valence-corrected chi connectivity index (χ3v) is 1.94. The van der Waals surface area contributed by atoms with Gasteiger partial charge in [0.15, 0.2) is 5.58 Å². The summed E-state index contributed by atoms with van der Waals surface area (Å²) in [5.74, 6) is 0.234. The van der Waals surface area contributed by atoms with E-state index < -0.39 is 0 Å². The molecule has 1 N–H and O–H groups in total. The SMILES string of the molecule is CCCOC(=N)c1nc2ccccc2o1. The molecule has 0 amide bonds. The Labute approximate surface area is 87.4 Å². The lowest BCUT2D eigenvalue weighted by atomic mass is 10.3. The molecule has 2 rings (SSSR count). The summed E-state index contributed by atoms with van der Waals surface area (Å²) in [5, 5.41) is 7.59. The minimum absolute atomic E-state index is 0.00644. The van der Waals surface area contributed by atoms with Gasteiger partial charge in [-0.2, -0.15) is 0 Å². The molecule has 0 saturated carbocycles. The second-order valence-electron chi connectivity index (χ2n) is 3.16. The molecule has 0 radical (unpaired) electrons. The summed E-state index contributed by atoms with van der Waals surface area (Å²) in [6, 6.07) is 7.41. The van der Waals surface area contributed by atoms with Gasteiger partial charge < -0.3 is 9.15 Å². The largest absolute Gasteiger partial charge is 0.474 e. The van der Waals surface area contributed by atoms with E-state index in [0.29, 0.717) is 12.2 Å². The van der Waals surface area contributed by atoms with E-state index in [1.165, 1.54) is 0 Å². The van der Waals surface area contributed by atoms with Gasteiger partial charge in [-0.3, -0.25) is 5.41 Å². The number of nitrogens with zero attached hydrogens (tertiary/aromatic N) is 1. The fraction of sp³-hybridized carbons (Fsp3) is 0.273. The Bertz CT molecular complexity index is 443. The van der Waals surface area contributed by atoms with Crippen molar-refractivity contribution in [2.45, 2.75) is 13.3 Å². The van der Waals surface area contributed by atoms with Crippen molar-refractivity contribution in [1.29, 1.82) is 5.41 Å². The average molecular weight is 204 g/mol. The number of hydrogen-bond donors (Lipinski definition) is 1. The molecule has 15 heavy (non-hydrogen) atoms. The molecule has 4 nitrogen and oxygen atoms in total. The Hall–Kier alpha value is -1.84. The van der Waals surface area contributed by atoms with Crippen LogP contribution < -0.4 is 0 Å². The van der Waals surface area contributed by atoms with E-state index in [9.17, 15) is 0 Å². The highest BCUT2D eigenvalue weighted by Gasteiger charge is 2.10. The molecule has 0 aliphatic carbocycles. The molecule has 0 aliphatic rings. The highest BCUT2D eigenvalue weighted by atomic mass is 16.5. The quantitative estimate of drug-likeness (QED) is 0.617. The van der Waals surface area contributed by atoms with Gasteiger partial charge in [0.1, 0.15) is 5.52 Å². The number of ether oxygens (including phenoxy) is 1. The highest BCUT2D eigenvalue weighted by molar-refractivity contribution is 5.89. The van der Waals surface area contributed by atoms with Crippen LogP contribution in [0.5, 0.6) is 0 Å². The van der Waals surface area contributed by atoms with E-state index in [0.717, 1.165) is 11.9 Å². The lowest BCUT2D eigenvalue weighted by Gasteiger charge is -2.00. The number of oxazole rings is 1. The minimum Gasteiger partial charge on any atom is -0.474 e. The van der Waals surface area contributed by atoms with E-state index in [4.69, 9.17) is 14.6 Å². The van der Waals surface area contributed by atoms with Crippen molar-refractivity contribution in [1.82, 2.24) is 4.98 Å². The van der Waals surface area contributed by atoms with Crippen LogP contribution in [-0.4, -0.2) is 17.5 Å². The van der Waals surface area contributed by atoms with Gasteiger partial charge in [0, 0.05) is 0 Å². The summed E-state index contributed by atoms with van der Waals surface area (Å²) in [4.78, 5) is 4.15. The van der Waals surface area contributed by atoms with Crippen molar-refractivity contribution in [3.63, 3.8) is 0 Å². The molecule has 0 fully saturated rings. The van der Waals surface area contributed by atoms with E-state index in [2.05, 4.69) is 4.98 Å². The summed E-state index contributed by atoms with van der Waals surface area (Å²) in [5.41, 5.74) is 1.43. The average Bonchev–Trinajstić information content (AvgIpc) is 2.69. The standard InChI is InChI=1S/C11H12N2O2/c1-2-7-14-10(12)11-13-8-5-3-4-6-9(8)15-11/h3-6,12H,2,7H2,1H3. The molecule has 0 aliphatic heterocycles. The smallest absolute Gasteiger partial charge is 0.283 e. The summed E-state index contributed by atoms with van der Waals surface area (Å²) in [6.45, 7) is 2.50. The zero-order valence-corrected chi connectivity index (χ0v) is 8.49. The Kier molecular flexibility index (Phi) is 2.67. The molecular weight excluding hydrogens is 192 g/mol. The van der Waals surface area contributed by atoms with Crippen molar-refractivity contribution in [3.8, 4) is 0 Å². The van der Waals surface area contributed by atoms with Crippen LogP contribution in [0, 0.1) is 5.41 Å². The summed E-state index contributed by atoms with van der Waals surface area (Å²) in [7, 11) is 0. The molecule has 1 aromatic carbocycles. The third kappa shape index (κ3) is 1.98. The van der Waals surface area contributed by atoms with Crippen LogP contribution in [0.15, 0.2) is 28.7 Å². The zero-order valence-electron chi connectivity index (χ0n) is 8.49. The van der Waals surface area contributed by atoms with Crippen molar-refractivity contribution in [2.24, 2.45) is 0 Å². The molecule has 0 spiro atoms. The van der Waals surface area contributed by atoms with Crippen LogP contribution in [0.1, 0.15) is 19.2 Å². The van der Waals surface area contributed by atoms with Gasteiger partial charge in [-0.05, 0) is 18.6 Å². The summed E-state index contributed by atoms with van der Waals surface area (Å²) < 4.78 is 10.5. The molecule has 2 aromatic rings. The van der Waals surface area contributed by atoms with Crippen LogP contribution in [0.2, 0.25) is 0 Å². The van der Waals surface area contributed by atoms with Crippen molar-refractivity contribution >= 4 is 17.0 Å². The number of benzene rings is 1. The van der Waals surface area contributed by atoms with Crippen molar-refractivity contribution in [3.05, 3.63) is 30.2 Å². The number of para-hydroxylation sites is 2. The first-order valence-corrected chi connectivity index (χ1v) is 4.88. The fourth-order valence-electron chi connectivity index (χ4n) is 1.24. The maximum Gasteiger partial charge on any atom is 0.283 e. The molecule has 1 aromatic heterocycles. The van der Waals surface area contributed by atoms with Gasteiger partial charge in [0.25, 0.3) is 11.8 Å². The normalized spacial score (nSPS) is 10.5. The van der Waals surface area contributed by atoms with Crippen molar-refractivity contribution < 1.29 is 9.15 Å². The van der Waals surface area contributed by atoms with Gasteiger partial charge in [0.2, 0.25) is 0 Å². The van der Waals surface area contributed by atoms with Crippen LogP contribution in [0.25, 0.3) is 11.1 Å². The Morgan fingerprint density at radius 1 is 1.47 bits per heavy atom. The first kappa shape index (κ1) is 9.71. The van der Waals surface area contributed by atoms with E-state index in [-0.39, 0.29) is 11.8 Å². The van der Waals surface area contributed by atoms with Gasteiger partial charge in [-0.15, -0.1) is 0 Å². The van der Waals surface area contributed by atoms with Gasteiger partial charge >= 0.3 is 0 Å². The monoisotopic (exact) mass is 204 g/mol. The van der Waals surface area contributed by atoms with Crippen LogP contribution in [0.4, 0.5) is 0 Å². The first-order chi connectivity index (χ1) is 7.31. The lowest BCUT2D eigenvalue weighted by Crippen LogP contribution is -2.05.